The van der Waals surface area contributed by atoms with Gasteiger partial charge in [-0.15, -0.1) is 0 Å². The van der Waals surface area contributed by atoms with Crippen LogP contribution < -0.4 is 19.5 Å². The van der Waals surface area contributed by atoms with E-state index in [1.165, 1.54) is 27.4 Å². The van der Waals surface area contributed by atoms with E-state index >= 15 is 0 Å². The molecule has 0 aliphatic heterocycles. The number of hydrogen-bond donors (Lipinski definition) is 1. The number of ether oxygens (including phenoxy) is 4. The van der Waals surface area contributed by atoms with Crippen LogP contribution in [0.1, 0.15) is 5.56 Å². The Labute approximate surface area is 178 Å². The molecule has 0 heterocycles. The molecule has 0 aliphatic carbocycles. The van der Waals surface area contributed by atoms with Crippen molar-refractivity contribution in [2.75, 3.05) is 33.3 Å². The highest BCUT2D eigenvalue weighted by atomic mass is 35.5. The Morgan fingerprint density at radius 2 is 1.69 bits per heavy atom. The van der Waals surface area contributed by atoms with Crippen molar-refractivity contribution in [3.63, 3.8) is 0 Å². The molecule has 0 spiro atoms. The minimum atomic E-state index is -0.707. The van der Waals surface area contributed by atoms with Crippen LogP contribution >= 0.6 is 23.2 Å². The topological polar surface area (TPSA) is 83.1 Å². The van der Waals surface area contributed by atoms with E-state index in [1.807, 2.05) is 0 Å². The molecule has 0 aromatic heterocycles. The molecule has 2 aromatic rings. The first-order valence-corrected chi connectivity index (χ1v) is 9.04. The van der Waals surface area contributed by atoms with E-state index in [-0.39, 0.29) is 0 Å². The zero-order valence-corrected chi connectivity index (χ0v) is 17.5. The predicted octanol–water partition coefficient (Wildman–Crippen LogP) is 4.21. The molecule has 0 saturated heterocycles. The number of methoxy groups -OCH3 is 3. The highest BCUT2D eigenvalue weighted by Gasteiger charge is 2.15. The van der Waals surface area contributed by atoms with E-state index in [9.17, 15) is 9.59 Å². The number of halogens is 2. The normalized spacial score (nSPS) is 10.5. The second-order valence-corrected chi connectivity index (χ2v) is 6.33. The first kappa shape index (κ1) is 22.4. The van der Waals surface area contributed by atoms with E-state index in [1.54, 1.807) is 30.3 Å². The zero-order chi connectivity index (χ0) is 21.4. The number of amides is 1. The maximum absolute atomic E-state index is 12.1. The van der Waals surface area contributed by atoms with Gasteiger partial charge < -0.3 is 24.3 Å². The summed E-state index contributed by atoms with van der Waals surface area (Å²) in [6.07, 6.45) is 2.61. The van der Waals surface area contributed by atoms with E-state index in [0.717, 1.165) is 6.08 Å². The van der Waals surface area contributed by atoms with E-state index < -0.39 is 18.5 Å². The molecule has 29 heavy (non-hydrogen) atoms. The molecule has 0 aliphatic rings. The van der Waals surface area contributed by atoms with Crippen LogP contribution in [0.3, 0.4) is 0 Å². The van der Waals surface area contributed by atoms with Crippen molar-refractivity contribution in [2.24, 2.45) is 0 Å². The fourth-order valence-corrected chi connectivity index (χ4v) is 2.71. The van der Waals surface area contributed by atoms with Crippen molar-refractivity contribution >= 4 is 46.8 Å². The number of hydrogen-bond acceptors (Lipinski definition) is 6. The molecule has 1 amide bonds. The summed E-state index contributed by atoms with van der Waals surface area (Å²) in [5.74, 6) is -0.104. The summed E-state index contributed by atoms with van der Waals surface area (Å²) < 4.78 is 20.6. The van der Waals surface area contributed by atoms with Gasteiger partial charge in [-0.3, -0.25) is 4.79 Å². The summed E-state index contributed by atoms with van der Waals surface area (Å²) in [5, 5.41) is 3.28. The van der Waals surface area contributed by atoms with Gasteiger partial charge in [0.25, 0.3) is 5.91 Å². The summed E-state index contributed by atoms with van der Waals surface area (Å²) >= 11 is 11.9. The van der Waals surface area contributed by atoms with Crippen molar-refractivity contribution in [3.8, 4) is 17.2 Å². The molecular formula is C20H19Cl2NO6. The van der Waals surface area contributed by atoms with Gasteiger partial charge in [0, 0.05) is 23.9 Å². The van der Waals surface area contributed by atoms with Gasteiger partial charge in [0.05, 0.1) is 31.4 Å². The molecule has 0 fully saturated rings. The largest absolute Gasteiger partial charge is 0.493 e. The number of carbonyl (C=O) groups excluding carboxylic acids is 2. The van der Waals surface area contributed by atoms with Crippen molar-refractivity contribution in [3.05, 3.63) is 52.0 Å². The zero-order valence-electron chi connectivity index (χ0n) is 16.0. The smallest absolute Gasteiger partial charge is 0.331 e. The number of anilines is 1. The van der Waals surface area contributed by atoms with Crippen molar-refractivity contribution in [1.82, 2.24) is 0 Å². The van der Waals surface area contributed by atoms with Crippen LogP contribution in [-0.4, -0.2) is 39.8 Å². The lowest BCUT2D eigenvalue weighted by Crippen LogP contribution is -2.20. The molecule has 0 saturated carbocycles. The third kappa shape index (κ3) is 6.04. The van der Waals surface area contributed by atoms with Gasteiger partial charge in [0.2, 0.25) is 5.75 Å². The summed E-state index contributed by atoms with van der Waals surface area (Å²) in [6.45, 7) is -0.483. The van der Waals surface area contributed by atoms with Gasteiger partial charge in [0.1, 0.15) is 0 Å². The summed E-state index contributed by atoms with van der Waals surface area (Å²) in [4.78, 5) is 23.9. The second kappa shape index (κ2) is 10.6. The Morgan fingerprint density at radius 1 is 1.03 bits per heavy atom. The lowest BCUT2D eigenvalue weighted by atomic mass is 10.2. The number of esters is 1. The molecule has 2 rings (SSSR count). The van der Waals surface area contributed by atoms with Gasteiger partial charge in [-0.2, -0.15) is 0 Å². The maximum Gasteiger partial charge on any atom is 0.331 e. The van der Waals surface area contributed by atoms with Crippen LogP contribution in [-0.2, 0) is 14.3 Å². The molecule has 0 radical (unpaired) electrons. The highest BCUT2D eigenvalue weighted by molar-refractivity contribution is 6.42. The van der Waals surface area contributed by atoms with Crippen molar-refractivity contribution in [2.45, 2.75) is 0 Å². The molecule has 2 aromatic carbocycles. The Bertz CT molecular complexity index is 904. The molecule has 9 heteroatoms. The SMILES string of the molecule is COc1cc(NC(=O)COC(=O)/C=C/c2cccc(Cl)c2Cl)cc(OC)c1OC. The van der Waals surface area contributed by atoms with E-state index in [0.29, 0.717) is 38.5 Å². The van der Waals surface area contributed by atoms with Gasteiger partial charge in [0.15, 0.2) is 18.1 Å². The average molecular weight is 440 g/mol. The first-order valence-electron chi connectivity index (χ1n) is 8.28. The van der Waals surface area contributed by atoms with E-state index in [2.05, 4.69) is 5.32 Å². The van der Waals surface area contributed by atoms with Crippen LogP contribution in [0.15, 0.2) is 36.4 Å². The second-order valence-electron chi connectivity index (χ2n) is 5.55. The van der Waals surface area contributed by atoms with Crippen LogP contribution in [0, 0.1) is 0 Å². The molecule has 7 nitrogen and oxygen atoms in total. The number of rotatable bonds is 8. The van der Waals surface area contributed by atoms with Gasteiger partial charge in [-0.05, 0) is 17.7 Å². The van der Waals surface area contributed by atoms with Gasteiger partial charge in [-0.25, -0.2) is 4.79 Å². The van der Waals surface area contributed by atoms with Crippen molar-refractivity contribution in [1.29, 1.82) is 0 Å². The molecular weight excluding hydrogens is 421 g/mol. The van der Waals surface area contributed by atoms with Gasteiger partial charge in [-0.1, -0.05) is 35.3 Å². The molecule has 0 unspecified atom stereocenters. The standard InChI is InChI=1S/C20H19Cl2NO6/c1-26-15-9-13(10-16(27-2)20(15)28-3)23-17(24)11-29-18(25)8-7-12-5-4-6-14(21)19(12)22/h4-10H,11H2,1-3H3,(H,23,24)/b8-7+. The summed E-state index contributed by atoms with van der Waals surface area (Å²) in [6, 6.07) is 8.14. The number of benzene rings is 2. The fourth-order valence-electron chi connectivity index (χ4n) is 2.34. The lowest BCUT2D eigenvalue weighted by molar-refractivity contribution is -0.142. The third-order valence-electron chi connectivity index (χ3n) is 3.67. The van der Waals surface area contributed by atoms with Crippen LogP contribution in [0.25, 0.3) is 6.08 Å². The Balaban J connectivity index is 1.96. The van der Waals surface area contributed by atoms with Crippen LogP contribution in [0.5, 0.6) is 17.2 Å². The lowest BCUT2D eigenvalue weighted by Gasteiger charge is -2.14. The van der Waals surface area contributed by atoms with Crippen molar-refractivity contribution < 1.29 is 28.5 Å². The first-order chi connectivity index (χ1) is 13.9. The third-order valence-corrected chi connectivity index (χ3v) is 4.51. The molecule has 1 N–H and O–H groups in total. The average Bonchev–Trinajstić information content (AvgIpc) is 2.72. The van der Waals surface area contributed by atoms with Gasteiger partial charge >= 0.3 is 5.97 Å². The summed E-state index contributed by atoms with van der Waals surface area (Å²) in [5.41, 5.74) is 0.944. The predicted molar refractivity (Wildman–Crippen MR) is 111 cm³/mol. The molecule has 154 valence electrons. The van der Waals surface area contributed by atoms with E-state index in [4.69, 9.17) is 42.1 Å². The fraction of sp³-hybridized carbons (Fsp3) is 0.200. The Morgan fingerprint density at radius 3 is 2.28 bits per heavy atom. The van der Waals surface area contributed by atoms with Crippen LogP contribution in [0.2, 0.25) is 10.0 Å². The summed E-state index contributed by atoms with van der Waals surface area (Å²) in [7, 11) is 4.40. The minimum Gasteiger partial charge on any atom is -0.493 e. The quantitative estimate of drug-likeness (QED) is 0.489. The Kier molecular flexibility index (Phi) is 8.18. The number of nitrogens with one attached hydrogen (secondary N) is 1. The number of carbonyl (C=O) groups is 2. The van der Waals surface area contributed by atoms with Crippen LogP contribution in [0.4, 0.5) is 5.69 Å². The molecule has 0 atom stereocenters. The monoisotopic (exact) mass is 439 g/mol. The molecule has 0 bridgehead atoms. The minimum absolute atomic E-state index is 0.318. The highest BCUT2D eigenvalue weighted by Crippen LogP contribution is 2.39. The Hall–Kier alpha value is -2.90. The maximum atomic E-state index is 12.1.